The monoisotopic (exact) mass is 268 g/mol. The lowest BCUT2D eigenvalue weighted by molar-refractivity contribution is -0.135. The molecule has 0 N–H and O–H groups in total. The van der Waals surface area contributed by atoms with E-state index in [0.29, 0.717) is 16.9 Å². The van der Waals surface area contributed by atoms with Gasteiger partial charge in [0.15, 0.2) is 5.78 Å². The van der Waals surface area contributed by atoms with E-state index in [1.807, 2.05) is 6.07 Å². The van der Waals surface area contributed by atoms with Crippen LogP contribution in [0.15, 0.2) is 48.5 Å². The lowest BCUT2D eigenvalue weighted by Crippen LogP contribution is -2.31. The summed E-state index contributed by atoms with van der Waals surface area (Å²) in [6.45, 7) is 0. The molecule has 0 fully saturated rings. The van der Waals surface area contributed by atoms with Gasteiger partial charge in [-0.1, -0.05) is 36.4 Å². The number of rotatable bonds is 2. The Bertz CT molecular complexity index is 676. The Hall–Kier alpha value is -2.62. The number of esters is 1. The second-order valence-corrected chi connectivity index (χ2v) is 4.46. The van der Waals surface area contributed by atoms with Gasteiger partial charge in [0.05, 0.1) is 7.11 Å². The van der Waals surface area contributed by atoms with Crippen molar-refractivity contribution >= 4 is 11.8 Å². The van der Waals surface area contributed by atoms with Crippen molar-refractivity contribution in [3.8, 4) is 11.5 Å². The van der Waals surface area contributed by atoms with Crippen LogP contribution in [0.25, 0.3) is 0 Å². The minimum atomic E-state index is -0.931. The molecule has 20 heavy (non-hydrogen) atoms. The summed E-state index contributed by atoms with van der Waals surface area (Å²) in [5, 5.41) is 0. The second-order valence-electron chi connectivity index (χ2n) is 4.46. The van der Waals surface area contributed by atoms with Gasteiger partial charge in [0.1, 0.15) is 23.0 Å². The molecule has 0 spiro atoms. The van der Waals surface area contributed by atoms with Gasteiger partial charge in [0.25, 0.3) is 0 Å². The fourth-order valence-corrected chi connectivity index (χ4v) is 2.36. The van der Waals surface area contributed by atoms with Gasteiger partial charge in [-0.05, 0) is 17.7 Å². The molecule has 0 amide bonds. The Morgan fingerprint density at radius 3 is 2.45 bits per heavy atom. The molecular formula is C16H12O4. The molecule has 0 saturated heterocycles. The summed E-state index contributed by atoms with van der Waals surface area (Å²) >= 11 is 0. The van der Waals surface area contributed by atoms with Crippen LogP contribution in [0, 0.1) is 0 Å². The van der Waals surface area contributed by atoms with E-state index >= 15 is 0 Å². The molecule has 1 aliphatic rings. The summed E-state index contributed by atoms with van der Waals surface area (Å²) in [5.41, 5.74) is 0.947. The number of Topliss-reactive ketones (excluding diaryl/α,β-unsaturated/α-hetero) is 1. The maximum atomic E-state index is 12.6. The fraction of sp³-hybridized carbons (Fsp3) is 0.125. The van der Waals surface area contributed by atoms with Crippen LogP contribution in [0.2, 0.25) is 0 Å². The van der Waals surface area contributed by atoms with Crippen molar-refractivity contribution in [1.29, 1.82) is 0 Å². The van der Waals surface area contributed by atoms with Crippen molar-refractivity contribution in [1.82, 2.24) is 0 Å². The molecular weight excluding hydrogens is 256 g/mol. The molecule has 2 aromatic carbocycles. The van der Waals surface area contributed by atoms with E-state index in [9.17, 15) is 9.59 Å². The fourth-order valence-electron chi connectivity index (χ4n) is 2.36. The normalized spacial score (nSPS) is 17.4. The van der Waals surface area contributed by atoms with Crippen LogP contribution in [0.4, 0.5) is 0 Å². The molecule has 4 heteroatoms. The highest BCUT2D eigenvalue weighted by molar-refractivity contribution is 6.18. The third-order valence-electron chi connectivity index (χ3n) is 3.30. The van der Waals surface area contributed by atoms with E-state index in [1.54, 1.807) is 42.5 Å². The van der Waals surface area contributed by atoms with E-state index in [2.05, 4.69) is 0 Å². The third-order valence-corrected chi connectivity index (χ3v) is 3.30. The summed E-state index contributed by atoms with van der Waals surface area (Å²) in [6, 6.07) is 13.8. The van der Waals surface area contributed by atoms with Gasteiger partial charge in [-0.3, -0.25) is 9.59 Å². The second kappa shape index (κ2) is 4.81. The first-order valence-corrected chi connectivity index (χ1v) is 6.20. The SMILES string of the molecule is COc1cccc2c1C(=O)C(c1ccccc1)C(=O)O2. The number of hydrogen-bond acceptors (Lipinski definition) is 4. The summed E-state index contributed by atoms with van der Waals surface area (Å²) in [4.78, 5) is 24.7. The first-order valence-electron chi connectivity index (χ1n) is 6.20. The van der Waals surface area contributed by atoms with Crippen molar-refractivity contribution in [2.45, 2.75) is 5.92 Å². The predicted molar refractivity (Wildman–Crippen MR) is 72.1 cm³/mol. The number of benzene rings is 2. The number of ketones is 1. The van der Waals surface area contributed by atoms with Crippen LogP contribution in [-0.2, 0) is 4.79 Å². The van der Waals surface area contributed by atoms with E-state index in [1.165, 1.54) is 7.11 Å². The number of fused-ring (bicyclic) bond motifs is 1. The summed E-state index contributed by atoms with van der Waals surface area (Å²) in [5.74, 6) is -1.10. The lowest BCUT2D eigenvalue weighted by Gasteiger charge is -2.23. The molecule has 0 aromatic heterocycles. The van der Waals surface area contributed by atoms with Crippen molar-refractivity contribution in [3.63, 3.8) is 0 Å². The molecule has 0 saturated carbocycles. The molecule has 0 radical (unpaired) electrons. The van der Waals surface area contributed by atoms with Crippen molar-refractivity contribution in [2.24, 2.45) is 0 Å². The van der Waals surface area contributed by atoms with Crippen LogP contribution in [0.1, 0.15) is 21.8 Å². The zero-order valence-corrected chi connectivity index (χ0v) is 10.8. The Labute approximate surface area is 115 Å². The maximum Gasteiger partial charge on any atom is 0.326 e. The van der Waals surface area contributed by atoms with Crippen LogP contribution < -0.4 is 9.47 Å². The Morgan fingerprint density at radius 1 is 1.00 bits per heavy atom. The molecule has 2 aromatic rings. The largest absolute Gasteiger partial charge is 0.496 e. The zero-order valence-electron chi connectivity index (χ0n) is 10.8. The Morgan fingerprint density at radius 2 is 1.75 bits per heavy atom. The highest BCUT2D eigenvalue weighted by atomic mass is 16.5. The average molecular weight is 268 g/mol. The van der Waals surface area contributed by atoms with Gasteiger partial charge >= 0.3 is 5.97 Å². The third kappa shape index (κ3) is 1.86. The quantitative estimate of drug-likeness (QED) is 0.477. The van der Waals surface area contributed by atoms with Gasteiger partial charge in [0.2, 0.25) is 0 Å². The van der Waals surface area contributed by atoms with Crippen LogP contribution in [0.5, 0.6) is 11.5 Å². The van der Waals surface area contributed by atoms with Crippen LogP contribution in [-0.4, -0.2) is 18.9 Å². The van der Waals surface area contributed by atoms with Gasteiger partial charge in [-0.25, -0.2) is 0 Å². The van der Waals surface area contributed by atoms with Gasteiger partial charge < -0.3 is 9.47 Å². The zero-order chi connectivity index (χ0) is 14.1. The molecule has 1 atom stereocenters. The molecule has 0 aliphatic carbocycles. The summed E-state index contributed by atoms with van der Waals surface area (Å²) in [7, 11) is 1.48. The average Bonchev–Trinajstić information content (AvgIpc) is 2.47. The van der Waals surface area contributed by atoms with Crippen molar-refractivity contribution in [2.75, 3.05) is 7.11 Å². The Balaban J connectivity index is 2.13. The number of carbonyl (C=O) groups excluding carboxylic acids is 2. The summed E-state index contributed by atoms with van der Waals surface area (Å²) < 4.78 is 10.5. The van der Waals surface area contributed by atoms with E-state index in [-0.39, 0.29) is 11.5 Å². The number of carbonyl (C=O) groups is 2. The number of hydrogen-bond donors (Lipinski definition) is 0. The lowest BCUT2D eigenvalue weighted by atomic mass is 9.88. The van der Waals surface area contributed by atoms with Gasteiger partial charge in [0, 0.05) is 0 Å². The van der Waals surface area contributed by atoms with E-state index < -0.39 is 11.9 Å². The molecule has 0 bridgehead atoms. The highest BCUT2D eigenvalue weighted by Crippen LogP contribution is 2.38. The first-order chi connectivity index (χ1) is 9.72. The Kier molecular flexibility index (Phi) is 2.99. The smallest absolute Gasteiger partial charge is 0.326 e. The van der Waals surface area contributed by atoms with Crippen LogP contribution in [0.3, 0.4) is 0 Å². The molecule has 3 rings (SSSR count). The number of methoxy groups -OCH3 is 1. The highest BCUT2D eigenvalue weighted by Gasteiger charge is 2.39. The molecule has 4 nitrogen and oxygen atoms in total. The van der Waals surface area contributed by atoms with E-state index in [0.717, 1.165) is 0 Å². The summed E-state index contributed by atoms with van der Waals surface area (Å²) in [6.07, 6.45) is 0. The molecule has 1 unspecified atom stereocenters. The molecule has 100 valence electrons. The van der Waals surface area contributed by atoms with Gasteiger partial charge in [-0.15, -0.1) is 0 Å². The predicted octanol–water partition coefficient (Wildman–Crippen LogP) is 2.58. The minimum Gasteiger partial charge on any atom is -0.496 e. The van der Waals surface area contributed by atoms with Crippen molar-refractivity contribution in [3.05, 3.63) is 59.7 Å². The topological polar surface area (TPSA) is 52.6 Å². The minimum absolute atomic E-state index is 0.256. The standard InChI is InChI=1S/C16H12O4/c1-19-11-8-5-9-12-14(11)15(17)13(16(18)20-12)10-6-3-2-4-7-10/h2-9,13H,1H3. The maximum absolute atomic E-state index is 12.6. The first kappa shape index (κ1) is 12.4. The van der Waals surface area contributed by atoms with E-state index in [4.69, 9.17) is 9.47 Å². The molecule has 1 aliphatic heterocycles. The van der Waals surface area contributed by atoms with Gasteiger partial charge in [-0.2, -0.15) is 0 Å². The number of ether oxygens (including phenoxy) is 2. The van der Waals surface area contributed by atoms with Crippen molar-refractivity contribution < 1.29 is 19.1 Å². The van der Waals surface area contributed by atoms with Crippen LogP contribution >= 0.6 is 0 Å². The molecule has 1 heterocycles.